The molecule has 4 nitrogen and oxygen atoms in total. The highest BCUT2D eigenvalue weighted by Crippen LogP contribution is 2.13. The number of rotatable bonds is 6. The van der Waals surface area contributed by atoms with Crippen LogP contribution in [-0.2, 0) is 20.8 Å². The van der Waals surface area contributed by atoms with Gasteiger partial charge in [0.1, 0.15) is 11.9 Å². The van der Waals surface area contributed by atoms with Crippen molar-refractivity contribution in [2.24, 2.45) is 0 Å². The van der Waals surface area contributed by atoms with Crippen molar-refractivity contribution < 1.29 is 18.7 Å². The number of aryl methyl sites for hydroxylation is 1. The van der Waals surface area contributed by atoms with Crippen LogP contribution in [0.15, 0.2) is 18.2 Å². The van der Waals surface area contributed by atoms with Crippen LogP contribution in [0.2, 0.25) is 0 Å². The molecule has 0 unspecified atom stereocenters. The number of benzene rings is 1. The summed E-state index contributed by atoms with van der Waals surface area (Å²) in [6, 6.07) is 4.82. The Morgan fingerprint density at radius 1 is 1.50 bits per heavy atom. The van der Waals surface area contributed by atoms with Gasteiger partial charge in [-0.25, -0.2) is 4.39 Å². The first-order valence-electron chi connectivity index (χ1n) is 7.82. The van der Waals surface area contributed by atoms with Gasteiger partial charge in [0.05, 0.1) is 12.7 Å². The van der Waals surface area contributed by atoms with Crippen LogP contribution >= 0.6 is 0 Å². The molecule has 0 aliphatic carbocycles. The maximum atomic E-state index is 13.2. The number of amides is 1. The highest BCUT2D eigenvalue weighted by molar-refractivity contribution is 5.80. The van der Waals surface area contributed by atoms with Crippen LogP contribution in [0.5, 0.6) is 0 Å². The predicted molar refractivity (Wildman–Crippen MR) is 82.0 cm³/mol. The van der Waals surface area contributed by atoms with Crippen molar-refractivity contribution >= 4 is 5.91 Å². The molecule has 0 saturated carbocycles. The number of hydrogen-bond acceptors (Lipinski definition) is 3. The molecule has 0 spiro atoms. The minimum absolute atomic E-state index is 0.101. The van der Waals surface area contributed by atoms with E-state index in [4.69, 9.17) is 9.47 Å². The third-order valence-corrected chi connectivity index (χ3v) is 3.86. The van der Waals surface area contributed by atoms with Crippen molar-refractivity contribution in [3.63, 3.8) is 0 Å². The van der Waals surface area contributed by atoms with Gasteiger partial charge in [0.15, 0.2) is 0 Å². The van der Waals surface area contributed by atoms with E-state index in [9.17, 15) is 9.18 Å². The van der Waals surface area contributed by atoms with E-state index in [2.05, 4.69) is 5.32 Å². The number of halogens is 1. The predicted octanol–water partition coefficient (Wildman–Crippen LogP) is 2.72. The molecule has 1 aromatic rings. The van der Waals surface area contributed by atoms with Gasteiger partial charge in [-0.2, -0.15) is 0 Å². The molecule has 1 N–H and O–H groups in total. The Labute approximate surface area is 131 Å². The number of nitrogens with one attached hydrogen (secondary N) is 1. The quantitative estimate of drug-likeness (QED) is 0.879. The summed E-state index contributed by atoms with van der Waals surface area (Å²) in [7, 11) is 0. The second-order valence-corrected chi connectivity index (χ2v) is 5.77. The number of hydrogen-bond donors (Lipinski definition) is 1. The van der Waals surface area contributed by atoms with Gasteiger partial charge in [-0.3, -0.25) is 4.79 Å². The van der Waals surface area contributed by atoms with Crippen LogP contribution in [0.1, 0.15) is 37.3 Å². The van der Waals surface area contributed by atoms with Gasteiger partial charge in [-0.15, -0.1) is 0 Å². The number of carbonyl (C=O) groups excluding carboxylic acids is 1. The third kappa shape index (κ3) is 5.07. The van der Waals surface area contributed by atoms with Gasteiger partial charge >= 0.3 is 0 Å². The van der Waals surface area contributed by atoms with Gasteiger partial charge in [0.25, 0.3) is 0 Å². The molecular formula is C17H24FNO3. The van der Waals surface area contributed by atoms with E-state index in [0.717, 1.165) is 31.4 Å². The summed E-state index contributed by atoms with van der Waals surface area (Å²) in [5.74, 6) is -0.406. The molecule has 5 heteroatoms. The van der Waals surface area contributed by atoms with Crippen LogP contribution in [0.4, 0.5) is 4.39 Å². The fraction of sp³-hybridized carbons (Fsp3) is 0.588. The maximum absolute atomic E-state index is 13.2. The molecule has 0 aromatic heterocycles. The summed E-state index contributed by atoms with van der Waals surface area (Å²) >= 11 is 0. The monoisotopic (exact) mass is 309 g/mol. The van der Waals surface area contributed by atoms with Crippen molar-refractivity contribution in [1.29, 1.82) is 0 Å². The fourth-order valence-corrected chi connectivity index (χ4v) is 2.42. The molecular weight excluding hydrogens is 285 g/mol. The van der Waals surface area contributed by atoms with Crippen molar-refractivity contribution in [3.8, 4) is 0 Å². The molecule has 2 atom stereocenters. The van der Waals surface area contributed by atoms with Gasteiger partial charge in [-0.05, 0) is 50.3 Å². The molecule has 0 radical (unpaired) electrons. The van der Waals surface area contributed by atoms with E-state index in [1.807, 2.05) is 0 Å². The molecule has 122 valence electrons. The van der Waals surface area contributed by atoms with Crippen molar-refractivity contribution in [2.75, 3.05) is 13.2 Å². The summed E-state index contributed by atoms with van der Waals surface area (Å²) in [6.45, 7) is 5.03. The van der Waals surface area contributed by atoms with Crippen LogP contribution in [-0.4, -0.2) is 31.3 Å². The number of carbonyl (C=O) groups is 1. The summed E-state index contributed by atoms with van der Waals surface area (Å²) < 4.78 is 24.3. The molecule has 22 heavy (non-hydrogen) atoms. The zero-order valence-corrected chi connectivity index (χ0v) is 13.2. The molecule has 1 fully saturated rings. The van der Waals surface area contributed by atoms with Gasteiger partial charge in [0, 0.05) is 13.2 Å². The zero-order chi connectivity index (χ0) is 15.9. The first-order valence-corrected chi connectivity index (χ1v) is 7.82. The van der Waals surface area contributed by atoms with Crippen molar-refractivity contribution in [3.05, 3.63) is 35.1 Å². The lowest BCUT2D eigenvalue weighted by atomic mass is 10.1. The van der Waals surface area contributed by atoms with E-state index in [1.165, 1.54) is 6.07 Å². The maximum Gasteiger partial charge on any atom is 0.249 e. The second-order valence-electron chi connectivity index (χ2n) is 5.77. The molecule has 0 bridgehead atoms. The third-order valence-electron chi connectivity index (χ3n) is 3.86. The molecule has 1 saturated heterocycles. The Hall–Kier alpha value is -1.46. The minimum Gasteiger partial charge on any atom is -0.376 e. The smallest absolute Gasteiger partial charge is 0.249 e. The molecule has 1 aromatic carbocycles. The lowest BCUT2D eigenvalue weighted by Crippen LogP contribution is -2.36. The van der Waals surface area contributed by atoms with E-state index < -0.39 is 6.10 Å². The van der Waals surface area contributed by atoms with Gasteiger partial charge < -0.3 is 14.8 Å². The average Bonchev–Trinajstić information content (AvgIpc) is 2.54. The Kier molecular flexibility index (Phi) is 6.34. The summed E-state index contributed by atoms with van der Waals surface area (Å²) in [5, 5.41) is 2.81. The lowest BCUT2D eigenvalue weighted by molar-refractivity contribution is -0.135. The van der Waals surface area contributed by atoms with Crippen LogP contribution < -0.4 is 5.32 Å². The van der Waals surface area contributed by atoms with E-state index in [1.54, 1.807) is 26.0 Å². The van der Waals surface area contributed by atoms with E-state index >= 15 is 0 Å². The van der Waals surface area contributed by atoms with E-state index in [-0.39, 0.29) is 17.8 Å². The largest absolute Gasteiger partial charge is 0.376 e. The summed E-state index contributed by atoms with van der Waals surface area (Å²) in [4.78, 5) is 12.0. The Bertz CT molecular complexity index is 501. The highest BCUT2D eigenvalue weighted by atomic mass is 19.1. The normalized spacial score (nSPS) is 19.7. The van der Waals surface area contributed by atoms with Crippen molar-refractivity contribution in [1.82, 2.24) is 5.32 Å². The first kappa shape index (κ1) is 16.9. The van der Waals surface area contributed by atoms with Crippen LogP contribution in [0, 0.1) is 12.7 Å². The van der Waals surface area contributed by atoms with Crippen LogP contribution in [0.25, 0.3) is 0 Å². The average molecular weight is 309 g/mol. The van der Waals surface area contributed by atoms with Gasteiger partial charge in [0.2, 0.25) is 5.91 Å². The van der Waals surface area contributed by atoms with Gasteiger partial charge in [-0.1, -0.05) is 12.1 Å². The summed E-state index contributed by atoms with van der Waals surface area (Å²) in [6.07, 6.45) is 2.82. The van der Waals surface area contributed by atoms with E-state index in [0.29, 0.717) is 18.7 Å². The molecule has 1 amide bonds. The zero-order valence-electron chi connectivity index (χ0n) is 13.2. The topological polar surface area (TPSA) is 47.6 Å². The fourth-order valence-electron chi connectivity index (χ4n) is 2.42. The molecule has 1 heterocycles. The molecule has 1 aliphatic heterocycles. The van der Waals surface area contributed by atoms with Crippen molar-refractivity contribution in [2.45, 2.75) is 51.9 Å². The number of ether oxygens (including phenoxy) is 2. The molecule has 1 aliphatic rings. The lowest BCUT2D eigenvalue weighted by Gasteiger charge is -2.23. The minimum atomic E-state index is -0.521. The Morgan fingerprint density at radius 3 is 3.00 bits per heavy atom. The SMILES string of the molecule is Cc1cc(CNC(=O)[C@H](C)OC[C@@H]2CCCCO2)ccc1F. The second kappa shape index (κ2) is 8.25. The Morgan fingerprint density at radius 2 is 2.32 bits per heavy atom. The standard InChI is InChI=1S/C17H24FNO3/c1-12-9-14(6-7-16(12)18)10-19-17(20)13(2)22-11-15-5-3-4-8-21-15/h6-7,9,13,15H,3-5,8,10-11H2,1-2H3,(H,19,20)/t13-,15-/m0/s1. The first-order chi connectivity index (χ1) is 10.6. The molecule has 2 rings (SSSR count). The van der Waals surface area contributed by atoms with Crippen LogP contribution in [0.3, 0.4) is 0 Å². The Balaban J connectivity index is 1.72. The highest BCUT2D eigenvalue weighted by Gasteiger charge is 2.18. The summed E-state index contributed by atoms with van der Waals surface area (Å²) in [5.41, 5.74) is 1.44.